The van der Waals surface area contributed by atoms with E-state index >= 15 is 0 Å². The lowest BCUT2D eigenvalue weighted by Gasteiger charge is -2.27. The molecule has 178 valence electrons. The van der Waals surface area contributed by atoms with E-state index in [-0.39, 0.29) is 5.91 Å². The zero-order valence-electron chi connectivity index (χ0n) is 19.3. The number of aryl methyl sites for hydroxylation is 2. The minimum atomic E-state index is -1.07. The van der Waals surface area contributed by atoms with Crippen LogP contribution < -0.4 is 4.74 Å². The van der Waals surface area contributed by atoms with Gasteiger partial charge in [0.15, 0.2) is 6.61 Å². The highest BCUT2D eigenvalue weighted by molar-refractivity contribution is 6.30. The molecule has 1 unspecified atom stereocenters. The van der Waals surface area contributed by atoms with Gasteiger partial charge in [0.05, 0.1) is 6.04 Å². The number of H-pyrrole nitrogens is 1. The van der Waals surface area contributed by atoms with Crippen LogP contribution >= 0.6 is 11.6 Å². The van der Waals surface area contributed by atoms with Crippen molar-refractivity contribution in [2.45, 2.75) is 32.4 Å². The zero-order valence-corrected chi connectivity index (χ0v) is 20.0. The van der Waals surface area contributed by atoms with Crippen molar-refractivity contribution in [2.24, 2.45) is 0 Å². The molecule has 1 amide bonds. The smallest absolute Gasteiger partial charge is 0.341 e. The van der Waals surface area contributed by atoms with Crippen molar-refractivity contribution in [1.29, 1.82) is 0 Å². The van der Waals surface area contributed by atoms with Gasteiger partial charge in [-0.3, -0.25) is 4.79 Å². The molecule has 4 aromatic rings. The standard InChI is InChI=1S/C28H25ClN2O4/c1-17-20(22-8-4-5-9-24(22)30-17)11-13-26(32)31-15-18-6-2-3-7-21(18)28(31)23-14-19(29)10-12-25(23)35-16-27(33)34/h2-10,12,14,28,30H,11,13,15-16H2,1H3,(H,33,34). The molecule has 0 bridgehead atoms. The molecule has 0 aliphatic carbocycles. The van der Waals surface area contributed by atoms with Crippen molar-refractivity contribution in [3.05, 3.63) is 99.7 Å². The van der Waals surface area contributed by atoms with Gasteiger partial charge >= 0.3 is 5.97 Å². The van der Waals surface area contributed by atoms with Gasteiger partial charge in [-0.2, -0.15) is 0 Å². The Kier molecular flexibility index (Phi) is 6.22. The van der Waals surface area contributed by atoms with Crippen LogP contribution in [0.2, 0.25) is 5.02 Å². The normalized spacial score (nSPS) is 14.8. The summed E-state index contributed by atoms with van der Waals surface area (Å²) in [7, 11) is 0. The molecule has 0 saturated carbocycles. The largest absolute Gasteiger partial charge is 0.482 e. The van der Waals surface area contributed by atoms with Crippen molar-refractivity contribution in [2.75, 3.05) is 6.61 Å². The maximum atomic E-state index is 13.7. The second-order valence-electron chi connectivity index (χ2n) is 8.76. The van der Waals surface area contributed by atoms with Crippen molar-refractivity contribution >= 4 is 34.4 Å². The summed E-state index contributed by atoms with van der Waals surface area (Å²) in [6, 6.07) is 20.7. The van der Waals surface area contributed by atoms with E-state index in [0.717, 1.165) is 33.3 Å². The molecule has 5 rings (SSSR count). The zero-order chi connectivity index (χ0) is 24.5. The number of nitrogens with one attached hydrogen (secondary N) is 1. The Balaban J connectivity index is 1.47. The number of hydrogen-bond acceptors (Lipinski definition) is 3. The van der Waals surface area contributed by atoms with Crippen LogP contribution in [0.3, 0.4) is 0 Å². The molecule has 1 aromatic heterocycles. The van der Waals surface area contributed by atoms with E-state index in [1.54, 1.807) is 18.2 Å². The van der Waals surface area contributed by atoms with E-state index in [9.17, 15) is 9.59 Å². The number of benzene rings is 3. The van der Waals surface area contributed by atoms with Gasteiger partial charge in [0.1, 0.15) is 5.75 Å². The number of carboxylic acid groups (broad SMARTS) is 1. The third-order valence-corrected chi connectivity index (χ3v) is 6.79. The van der Waals surface area contributed by atoms with Gasteiger partial charge < -0.3 is 19.7 Å². The highest BCUT2D eigenvalue weighted by Crippen LogP contribution is 2.43. The van der Waals surface area contributed by atoms with Crippen LogP contribution in [0.4, 0.5) is 0 Å². The number of hydrogen-bond donors (Lipinski definition) is 2. The summed E-state index contributed by atoms with van der Waals surface area (Å²) in [6.45, 7) is 2.03. The number of halogens is 1. The summed E-state index contributed by atoms with van der Waals surface area (Å²) in [6.07, 6.45) is 0.964. The van der Waals surface area contributed by atoms with Crippen LogP contribution in [0.25, 0.3) is 10.9 Å². The lowest BCUT2D eigenvalue weighted by atomic mass is 9.96. The number of rotatable bonds is 7. The molecule has 6 nitrogen and oxygen atoms in total. The molecule has 3 aromatic carbocycles. The number of carboxylic acids is 1. The van der Waals surface area contributed by atoms with Crippen LogP contribution in [0.5, 0.6) is 5.75 Å². The molecule has 1 aliphatic rings. The quantitative estimate of drug-likeness (QED) is 0.352. The number of carbonyl (C=O) groups excluding carboxylic acids is 1. The fourth-order valence-electron chi connectivity index (χ4n) is 4.99. The van der Waals surface area contributed by atoms with E-state index in [0.29, 0.717) is 35.7 Å². The molecule has 0 saturated heterocycles. The Hall–Kier alpha value is -3.77. The number of aromatic nitrogens is 1. The molecule has 1 atom stereocenters. The van der Waals surface area contributed by atoms with Gasteiger partial charge in [-0.1, -0.05) is 54.1 Å². The topological polar surface area (TPSA) is 82.6 Å². The molecule has 2 heterocycles. The van der Waals surface area contributed by atoms with E-state index < -0.39 is 18.6 Å². The molecule has 7 heteroatoms. The highest BCUT2D eigenvalue weighted by atomic mass is 35.5. The Bertz CT molecular complexity index is 1430. The first kappa shape index (κ1) is 23.0. The average Bonchev–Trinajstić information content (AvgIpc) is 3.38. The summed E-state index contributed by atoms with van der Waals surface area (Å²) in [5.41, 5.74) is 6.01. The first-order valence-electron chi connectivity index (χ1n) is 11.5. The molecule has 2 N–H and O–H groups in total. The molecular formula is C28H25ClN2O4. The third-order valence-electron chi connectivity index (χ3n) is 6.56. The number of para-hydroxylation sites is 1. The highest BCUT2D eigenvalue weighted by Gasteiger charge is 2.36. The maximum absolute atomic E-state index is 13.7. The Morgan fingerprint density at radius 2 is 1.86 bits per heavy atom. The number of amides is 1. The fourth-order valence-corrected chi connectivity index (χ4v) is 5.17. The predicted molar refractivity (Wildman–Crippen MR) is 135 cm³/mol. The summed E-state index contributed by atoms with van der Waals surface area (Å²) >= 11 is 6.34. The van der Waals surface area contributed by atoms with E-state index in [2.05, 4.69) is 11.1 Å². The van der Waals surface area contributed by atoms with Crippen molar-refractivity contribution in [1.82, 2.24) is 9.88 Å². The number of aromatic amines is 1. The summed E-state index contributed by atoms with van der Waals surface area (Å²) in [5.74, 6) is -0.649. The Labute approximate surface area is 208 Å². The predicted octanol–water partition coefficient (Wildman–Crippen LogP) is 5.66. The average molecular weight is 489 g/mol. The Morgan fingerprint density at radius 3 is 2.69 bits per heavy atom. The van der Waals surface area contributed by atoms with Crippen molar-refractivity contribution in [3.8, 4) is 5.75 Å². The lowest BCUT2D eigenvalue weighted by molar-refractivity contribution is -0.139. The van der Waals surface area contributed by atoms with E-state index in [4.69, 9.17) is 21.4 Å². The van der Waals surface area contributed by atoms with Gasteiger partial charge in [-0.05, 0) is 54.3 Å². The molecule has 0 radical (unpaired) electrons. The lowest BCUT2D eigenvalue weighted by Crippen LogP contribution is -2.31. The number of aliphatic carboxylic acids is 1. The second kappa shape index (κ2) is 9.47. The monoisotopic (exact) mass is 488 g/mol. The number of fused-ring (bicyclic) bond motifs is 2. The van der Waals surface area contributed by atoms with E-state index in [1.807, 2.05) is 54.3 Å². The van der Waals surface area contributed by atoms with Crippen LogP contribution in [0.15, 0.2) is 66.7 Å². The van der Waals surface area contributed by atoms with Crippen LogP contribution in [0, 0.1) is 6.92 Å². The number of nitrogens with zero attached hydrogens (tertiary/aromatic N) is 1. The number of ether oxygens (including phenoxy) is 1. The first-order valence-corrected chi connectivity index (χ1v) is 11.9. The third kappa shape index (κ3) is 4.49. The van der Waals surface area contributed by atoms with Crippen LogP contribution in [-0.4, -0.2) is 33.5 Å². The van der Waals surface area contributed by atoms with Gasteiger partial charge in [0.25, 0.3) is 0 Å². The first-order chi connectivity index (χ1) is 16.9. The molecular weight excluding hydrogens is 464 g/mol. The minimum Gasteiger partial charge on any atom is -0.482 e. The summed E-state index contributed by atoms with van der Waals surface area (Å²) in [4.78, 5) is 30.0. The van der Waals surface area contributed by atoms with E-state index in [1.165, 1.54) is 0 Å². The minimum absolute atomic E-state index is 0.0139. The van der Waals surface area contributed by atoms with Crippen molar-refractivity contribution < 1.29 is 19.4 Å². The fraction of sp³-hybridized carbons (Fsp3) is 0.214. The van der Waals surface area contributed by atoms with Gasteiger partial charge in [-0.25, -0.2) is 4.79 Å². The molecule has 0 fully saturated rings. The molecule has 35 heavy (non-hydrogen) atoms. The summed E-state index contributed by atoms with van der Waals surface area (Å²) in [5, 5.41) is 10.8. The van der Waals surface area contributed by atoms with Gasteiger partial charge in [0.2, 0.25) is 5.91 Å². The number of carbonyl (C=O) groups is 2. The molecule has 0 spiro atoms. The maximum Gasteiger partial charge on any atom is 0.341 e. The van der Waals surface area contributed by atoms with Crippen LogP contribution in [0.1, 0.15) is 40.4 Å². The van der Waals surface area contributed by atoms with Gasteiger partial charge in [0, 0.05) is 40.1 Å². The van der Waals surface area contributed by atoms with Gasteiger partial charge in [-0.15, -0.1) is 0 Å². The van der Waals surface area contributed by atoms with Crippen LogP contribution in [-0.2, 0) is 22.6 Å². The second-order valence-corrected chi connectivity index (χ2v) is 9.20. The summed E-state index contributed by atoms with van der Waals surface area (Å²) < 4.78 is 5.59. The Morgan fingerprint density at radius 1 is 1.09 bits per heavy atom. The molecule has 1 aliphatic heterocycles. The van der Waals surface area contributed by atoms with Crippen molar-refractivity contribution in [3.63, 3.8) is 0 Å². The SMILES string of the molecule is Cc1[nH]c2ccccc2c1CCC(=O)N1Cc2ccccc2C1c1cc(Cl)ccc1OCC(=O)O.